The van der Waals surface area contributed by atoms with Crippen molar-refractivity contribution in [2.45, 2.75) is 6.92 Å². The lowest BCUT2D eigenvalue weighted by atomic mass is 10.4. The second-order valence-electron chi connectivity index (χ2n) is 3.65. The van der Waals surface area contributed by atoms with Gasteiger partial charge in [-0.25, -0.2) is 0 Å². The summed E-state index contributed by atoms with van der Waals surface area (Å²) in [5.41, 5.74) is 0. The van der Waals surface area contributed by atoms with Gasteiger partial charge in [-0.2, -0.15) is 5.10 Å². The fourth-order valence-electron chi connectivity index (χ4n) is 1.35. The van der Waals surface area contributed by atoms with Crippen LogP contribution in [0.2, 0.25) is 0 Å². The SMILES string of the molecule is Cc1ccc(/C=C/C(=O)Nc2ccn(C)n2)o1. The van der Waals surface area contributed by atoms with Gasteiger partial charge in [-0.05, 0) is 25.1 Å². The zero-order chi connectivity index (χ0) is 12.3. The topological polar surface area (TPSA) is 60.1 Å². The Balaban J connectivity index is 1.95. The normalized spacial score (nSPS) is 10.9. The first-order valence-electron chi connectivity index (χ1n) is 5.18. The van der Waals surface area contributed by atoms with E-state index in [4.69, 9.17) is 4.42 Å². The van der Waals surface area contributed by atoms with Gasteiger partial charge >= 0.3 is 0 Å². The van der Waals surface area contributed by atoms with Crippen molar-refractivity contribution in [1.82, 2.24) is 9.78 Å². The highest BCUT2D eigenvalue weighted by Gasteiger charge is 2.00. The van der Waals surface area contributed by atoms with E-state index in [2.05, 4.69) is 10.4 Å². The number of anilines is 1. The standard InChI is InChI=1S/C12H13N3O2/c1-9-3-4-10(17-9)5-6-12(16)13-11-7-8-15(2)14-11/h3-8H,1-2H3,(H,13,14,16)/b6-5+. The van der Waals surface area contributed by atoms with Gasteiger partial charge in [0.2, 0.25) is 5.91 Å². The minimum absolute atomic E-state index is 0.238. The Morgan fingerprint density at radius 1 is 1.47 bits per heavy atom. The van der Waals surface area contributed by atoms with Crippen LogP contribution < -0.4 is 5.32 Å². The van der Waals surface area contributed by atoms with Gasteiger partial charge in [-0.3, -0.25) is 9.48 Å². The molecule has 5 heteroatoms. The Kier molecular flexibility index (Phi) is 3.09. The summed E-state index contributed by atoms with van der Waals surface area (Å²) in [4.78, 5) is 11.5. The van der Waals surface area contributed by atoms with Crippen molar-refractivity contribution in [3.8, 4) is 0 Å². The lowest BCUT2D eigenvalue weighted by Gasteiger charge is -1.95. The number of furan rings is 1. The molecule has 0 fully saturated rings. The van der Waals surface area contributed by atoms with Crippen molar-refractivity contribution >= 4 is 17.8 Å². The molecular formula is C12H13N3O2. The second kappa shape index (κ2) is 4.69. The first kappa shape index (κ1) is 11.2. The van der Waals surface area contributed by atoms with Crippen molar-refractivity contribution in [2.75, 3.05) is 5.32 Å². The Bertz CT molecular complexity index is 552. The van der Waals surface area contributed by atoms with Crippen molar-refractivity contribution in [3.05, 3.63) is 42.0 Å². The number of amides is 1. The predicted molar refractivity (Wildman–Crippen MR) is 64.3 cm³/mol. The molecule has 0 saturated carbocycles. The molecule has 0 aliphatic rings. The Morgan fingerprint density at radius 3 is 2.88 bits per heavy atom. The molecule has 2 rings (SSSR count). The molecule has 17 heavy (non-hydrogen) atoms. The average Bonchev–Trinajstić information content (AvgIpc) is 2.85. The average molecular weight is 231 g/mol. The summed E-state index contributed by atoms with van der Waals surface area (Å²) >= 11 is 0. The lowest BCUT2D eigenvalue weighted by Crippen LogP contribution is -2.08. The Morgan fingerprint density at radius 2 is 2.29 bits per heavy atom. The number of aromatic nitrogens is 2. The van der Waals surface area contributed by atoms with Crippen LogP contribution in [0.1, 0.15) is 11.5 Å². The van der Waals surface area contributed by atoms with Gasteiger partial charge in [0.25, 0.3) is 0 Å². The zero-order valence-corrected chi connectivity index (χ0v) is 9.68. The first-order valence-corrected chi connectivity index (χ1v) is 5.18. The summed E-state index contributed by atoms with van der Waals surface area (Å²) in [5.74, 6) is 1.75. The number of carbonyl (C=O) groups is 1. The van der Waals surface area contributed by atoms with E-state index >= 15 is 0 Å². The molecular weight excluding hydrogens is 218 g/mol. The molecule has 2 heterocycles. The van der Waals surface area contributed by atoms with E-state index in [1.165, 1.54) is 6.08 Å². The highest BCUT2D eigenvalue weighted by molar-refractivity contribution is 6.01. The van der Waals surface area contributed by atoms with Crippen LogP contribution in [-0.4, -0.2) is 15.7 Å². The molecule has 5 nitrogen and oxygen atoms in total. The highest BCUT2D eigenvalue weighted by Crippen LogP contribution is 2.08. The van der Waals surface area contributed by atoms with Crippen LogP contribution in [0.15, 0.2) is 34.9 Å². The maximum absolute atomic E-state index is 11.5. The van der Waals surface area contributed by atoms with Gasteiger partial charge in [-0.1, -0.05) is 0 Å². The van der Waals surface area contributed by atoms with E-state index in [0.29, 0.717) is 11.6 Å². The maximum Gasteiger partial charge on any atom is 0.249 e. The van der Waals surface area contributed by atoms with Crippen molar-refractivity contribution in [2.24, 2.45) is 7.05 Å². The van der Waals surface area contributed by atoms with E-state index in [1.54, 1.807) is 36.1 Å². The molecule has 0 saturated heterocycles. The summed E-state index contributed by atoms with van der Waals surface area (Å²) in [5, 5.41) is 6.68. The van der Waals surface area contributed by atoms with Crippen LogP contribution in [0.5, 0.6) is 0 Å². The third kappa shape index (κ3) is 3.07. The monoisotopic (exact) mass is 231 g/mol. The number of nitrogens with zero attached hydrogens (tertiary/aromatic N) is 2. The van der Waals surface area contributed by atoms with Gasteiger partial charge < -0.3 is 9.73 Å². The molecule has 0 radical (unpaired) electrons. The number of rotatable bonds is 3. The molecule has 2 aromatic heterocycles. The van der Waals surface area contributed by atoms with Crippen LogP contribution in [0.25, 0.3) is 6.08 Å². The molecule has 0 aliphatic carbocycles. The van der Waals surface area contributed by atoms with Gasteiger partial charge in [0.1, 0.15) is 11.5 Å². The summed E-state index contributed by atoms with van der Waals surface area (Å²) in [7, 11) is 1.79. The predicted octanol–water partition coefficient (Wildman–Crippen LogP) is 1.97. The quantitative estimate of drug-likeness (QED) is 0.821. The van der Waals surface area contributed by atoms with E-state index in [-0.39, 0.29) is 5.91 Å². The molecule has 0 atom stereocenters. The molecule has 0 spiro atoms. The molecule has 2 aromatic rings. The molecule has 1 N–H and O–H groups in total. The van der Waals surface area contributed by atoms with Crippen LogP contribution in [0.4, 0.5) is 5.82 Å². The van der Waals surface area contributed by atoms with E-state index < -0.39 is 0 Å². The van der Waals surface area contributed by atoms with Gasteiger partial charge in [0, 0.05) is 25.4 Å². The molecule has 0 unspecified atom stereocenters. The number of carbonyl (C=O) groups excluding carboxylic acids is 1. The summed E-state index contributed by atoms with van der Waals surface area (Å²) in [6.45, 7) is 1.85. The van der Waals surface area contributed by atoms with Crippen LogP contribution in [0, 0.1) is 6.92 Å². The van der Waals surface area contributed by atoms with E-state index in [1.807, 2.05) is 13.0 Å². The molecule has 88 valence electrons. The summed E-state index contributed by atoms with van der Waals surface area (Å²) in [6, 6.07) is 5.37. The third-order valence-electron chi connectivity index (χ3n) is 2.13. The number of nitrogens with one attached hydrogen (secondary N) is 1. The van der Waals surface area contributed by atoms with Crippen LogP contribution in [0.3, 0.4) is 0 Å². The Labute approximate surface area is 98.7 Å². The Hall–Kier alpha value is -2.30. The van der Waals surface area contributed by atoms with Gasteiger partial charge in [0.15, 0.2) is 5.82 Å². The minimum Gasteiger partial charge on any atom is -0.462 e. The fraction of sp³-hybridized carbons (Fsp3) is 0.167. The first-order chi connectivity index (χ1) is 8.13. The molecule has 0 bridgehead atoms. The van der Waals surface area contributed by atoms with E-state index in [9.17, 15) is 4.79 Å². The number of hydrogen-bond acceptors (Lipinski definition) is 3. The van der Waals surface area contributed by atoms with Crippen molar-refractivity contribution < 1.29 is 9.21 Å². The van der Waals surface area contributed by atoms with Crippen LogP contribution >= 0.6 is 0 Å². The minimum atomic E-state index is -0.238. The lowest BCUT2D eigenvalue weighted by molar-refractivity contribution is -0.111. The van der Waals surface area contributed by atoms with Crippen molar-refractivity contribution in [1.29, 1.82) is 0 Å². The summed E-state index contributed by atoms with van der Waals surface area (Å²) < 4.78 is 6.92. The third-order valence-corrected chi connectivity index (χ3v) is 2.13. The molecule has 1 amide bonds. The van der Waals surface area contributed by atoms with Gasteiger partial charge in [-0.15, -0.1) is 0 Å². The number of aryl methyl sites for hydroxylation is 2. The van der Waals surface area contributed by atoms with Crippen LogP contribution in [-0.2, 0) is 11.8 Å². The van der Waals surface area contributed by atoms with E-state index in [0.717, 1.165) is 5.76 Å². The highest BCUT2D eigenvalue weighted by atomic mass is 16.3. The largest absolute Gasteiger partial charge is 0.462 e. The van der Waals surface area contributed by atoms with Crippen molar-refractivity contribution in [3.63, 3.8) is 0 Å². The smallest absolute Gasteiger partial charge is 0.249 e. The summed E-state index contributed by atoms with van der Waals surface area (Å²) in [6.07, 6.45) is 4.79. The van der Waals surface area contributed by atoms with Gasteiger partial charge in [0.05, 0.1) is 0 Å². The fourth-order valence-corrected chi connectivity index (χ4v) is 1.35. The molecule has 0 aromatic carbocycles. The number of hydrogen-bond donors (Lipinski definition) is 1. The zero-order valence-electron chi connectivity index (χ0n) is 9.68. The second-order valence-corrected chi connectivity index (χ2v) is 3.65. The molecule has 0 aliphatic heterocycles. The maximum atomic E-state index is 11.5.